The van der Waals surface area contributed by atoms with Crippen LogP contribution in [0.4, 0.5) is 14.4 Å². The lowest BCUT2D eigenvalue weighted by Gasteiger charge is -2.07. The number of ether oxygens (including phenoxy) is 3. The molecule has 2 aromatic carbocycles. The summed E-state index contributed by atoms with van der Waals surface area (Å²) in [5, 5.41) is 1.76. The predicted molar refractivity (Wildman–Crippen MR) is 82.9 cm³/mol. The molecule has 0 saturated heterocycles. The van der Waals surface area contributed by atoms with Gasteiger partial charge in [-0.05, 0) is 11.1 Å². The van der Waals surface area contributed by atoms with Gasteiger partial charge in [0.25, 0.3) is 0 Å². The summed E-state index contributed by atoms with van der Waals surface area (Å²) >= 11 is 0. The minimum Gasteiger partial charge on any atom is -0.444 e. The molecule has 124 valence electrons. The molecule has 7 nitrogen and oxygen atoms in total. The van der Waals surface area contributed by atoms with E-state index in [1.54, 1.807) is 53.8 Å². The van der Waals surface area contributed by atoms with Gasteiger partial charge in [0, 0.05) is 0 Å². The number of carbonyl (C=O) groups excluding carboxylic acids is 3. The van der Waals surface area contributed by atoms with E-state index in [-0.39, 0.29) is 13.2 Å². The Morgan fingerprint density at radius 3 is 1.75 bits per heavy atom. The minimum absolute atomic E-state index is 0.0155. The molecule has 0 radical (unpaired) electrons. The van der Waals surface area contributed by atoms with Crippen molar-refractivity contribution in [3.8, 4) is 0 Å². The van der Waals surface area contributed by atoms with Gasteiger partial charge in [0.15, 0.2) is 0 Å². The molecule has 0 aliphatic rings. The summed E-state index contributed by atoms with van der Waals surface area (Å²) in [4.78, 5) is 34.1. The molecule has 0 unspecified atom stereocenters. The zero-order valence-electron chi connectivity index (χ0n) is 12.6. The third kappa shape index (κ3) is 6.18. The van der Waals surface area contributed by atoms with Crippen LogP contribution in [-0.4, -0.2) is 18.3 Å². The summed E-state index contributed by atoms with van der Waals surface area (Å²) in [5.74, 6) is 0. The highest BCUT2D eigenvalue weighted by molar-refractivity contribution is 5.91. The summed E-state index contributed by atoms with van der Waals surface area (Å²) in [7, 11) is 0. The van der Waals surface area contributed by atoms with Crippen LogP contribution in [-0.2, 0) is 27.4 Å². The highest BCUT2D eigenvalue weighted by atomic mass is 16.7. The van der Waals surface area contributed by atoms with Gasteiger partial charge in [-0.2, -0.15) is 0 Å². The van der Waals surface area contributed by atoms with E-state index < -0.39 is 18.3 Å². The van der Waals surface area contributed by atoms with Gasteiger partial charge in [0.2, 0.25) is 0 Å². The van der Waals surface area contributed by atoms with E-state index in [1.165, 1.54) is 0 Å². The Bertz CT molecular complexity index is 627. The van der Waals surface area contributed by atoms with Crippen LogP contribution in [0.15, 0.2) is 60.7 Å². The zero-order chi connectivity index (χ0) is 17.2. The van der Waals surface area contributed by atoms with Gasteiger partial charge in [0.1, 0.15) is 13.2 Å². The topological polar surface area (TPSA) is 90.9 Å². The van der Waals surface area contributed by atoms with Crippen molar-refractivity contribution in [1.82, 2.24) is 5.32 Å². The van der Waals surface area contributed by atoms with Gasteiger partial charge < -0.3 is 14.2 Å². The SMILES string of the molecule is O=C(NC(=O)OC(=O)OCc1ccccc1)OCc1ccccc1. The smallest absolute Gasteiger partial charge is 0.444 e. The highest BCUT2D eigenvalue weighted by Gasteiger charge is 2.15. The molecule has 24 heavy (non-hydrogen) atoms. The third-order valence-electron chi connectivity index (χ3n) is 2.79. The Labute approximate surface area is 138 Å². The summed E-state index contributed by atoms with van der Waals surface area (Å²) < 4.78 is 13.8. The van der Waals surface area contributed by atoms with Gasteiger partial charge in [-0.25, -0.2) is 19.7 Å². The lowest BCUT2D eigenvalue weighted by Crippen LogP contribution is -2.33. The minimum atomic E-state index is -1.27. The third-order valence-corrected chi connectivity index (χ3v) is 2.79. The van der Waals surface area contributed by atoms with Crippen LogP contribution in [0.2, 0.25) is 0 Å². The summed E-state index contributed by atoms with van der Waals surface area (Å²) in [5.41, 5.74) is 1.49. The molecule has 0 aromatic heterocycles. The molecular formula is C17H15NO6. The van der Waals surface area contributed by atoms with Gasteiger partial charge in [-0.15, -0.1) is 0 Å². The molecule has 0 bridgehead atoms. The van der Waals surface area contributed by atoms with Crippen molar-refractivity contribution >= 4 is 18.3 Å². The van der Waals surface area contributed by atoms with E-state index in [2.05, 4.69) is 4.74 Å². The number of nitrogens with one attached hydrogen (secondary N) is 1. The highest BCUT2D eigenvalue weighted by Crippen LogP contribution is 2.02. The number of benzene rings is 2. The lowest BCUT2D eigenvalue weighted by atomic mass is 10.2. The predicted octanol–water partition coefficient (Wildman–Crippen LogP) is 3.39. The average molecular weight is 329 g/mol. The second-order valence-electron chi connectivity index (χ2n) is 4.60. The van der Waals surface area contributed by atoms with Crippen LogP contribution in [0.1, 0.15) is 11.1 Å². The van der Waals surface area contributed by atoms with E-state index in [0.29, 0.717) is 0 Å². The van der Waals surface area contributed by atoms with Crippen molar-refractivity contribution in [2.24, 2.45) is 0 Å². The second kappa shape index (κ2) is 8.94. The molecule has 2 aromatic rings. The van der Waals surface area contributed by atoms with Gasteiger partial charge in [-0.3, -0.25) is 0 Å². The number of amides is 2. The van der Waals surface area contributed by atoms with Crippen LogP contribution in [0.25, 0.3) is 0 Å². The number of alkyl carbamates (subject to hydrolysis) is 2. The quantitative estimate of drug-likeness (QED) is 0.683. The molecule has 0 aliphatic heterocycles. The van der Waals surface area contributed by atoms with Gasteiger partial charge in [-0.1, -0.05) is 60.7 Å². The molecule has 7 heteroatoms. The maximum atomic E-state index is 11.4. The molecular weight excluding hydrogens is 314 g/mol. The molecule has 0 saturated carbocycles. The maximum Gasteiger partial charge on any atom is 0.517 e. The Morgan fingerprint density at radius 2 is 1.21 bits per heavy atom. The number of rotatable bonds is 4. The first-order chi connectivity index (χ1) is 11.6. The van der Waals surface area contributed by atoms with Crippen LogP contribution in [0.3, 0.4) is 0 Å². The Morgan fingerprint density at radius 1 is 0.708 bits per heavy atom. The van der Waals surface area contributed by atoms with Crippen molar-refractivity contribution in [1.29, 1.82) is 0 Å². The average Bonchev–Trinajstić information content (AvgIpc) is 2.60. The lowest BCUT2D eigenvalue weighted by molar-refractivity contribution is 0.0685. The van der Waals surface area contributed by atoms with Gasteiger partial charge >= 0.3 is 18.3 Å². The molecule has 1 N–H and O–H groups in total. The van der Waals surface area contributed by atoms with Crippen molar-refractivity contribution < 1.29 is 28.6 Å². The Kier molecular flexibility index (Phi) is 6.34. The Hall–Kier alpha value is -3.35. The van der Waals surface area contributed by atoms with Crippen LogP contribution in [0, 0.1) is 0 Å². The molecule has 0 spiro atoms. The molecule has 0 atom stereocenters. The number of carbonyl (C=O) groups is 3. The first kappa shape index (κ1) is 17.0. The van der Waals surface area contributed by atoms with Gasteiger partial charge in [0.05, 0.1) is 0 Å². The number of hydrogen-bond acceptors (Lipinski definition) is 6. The van der Waals surface area contributed by atoms with Crippen molar-refractivity contribution in [2.45, 2.75) is 13.2 Å². The first-order valence-corrected chi connectivity index (χ1v) is 7.03. The fourth-order valence-electron chi connectivity index (χ4n) is 1.69. The summed E-state index contributed by atoms with van der Waals surface area (Å²) in [6.45, 7) is -0.0657. The first-order valence-electron chi connectivity index (χ1n) is 7.03. The fraction of sp³-hybridized carbons (Fsp3) is 0.118. The largest absolute Gasteiger partial charge is 0.517 e. The normalized spacial score (nSPS) is 9.67. The Balaban J connectivity index is 1.66. The van der Waals surface area contributed by atoms with Crippen molar-refractivity contribution in [3.63, 3.8) is 0 Å². The van der Waals surface area contributed by atoms with E-state index in [4.69, 9.17) is 9.47 Å². The summed E-state index contributed by atoms with van der Waals surface area (Å²) in [6, 6.07) is 17.8. The molecule has 2 amide bonds. The summed E-state index contributed by atoms with van der Waals surface area (Å²) in [6.07, 6.45) is -3.52. The molecule has 0 aliphatic carbocycles. The maximum absolute atomic E-state index is 11.4. The van der Waals surface area contributed by atoms with E-state index in [9.17, 15) is 14.4 Å². The van der Waals surface area contributed by atoms with E-state index in [0.717, 1.165) is 11.1 Å². The van der Waals surface area contributed by atoms with Crippen molar-refractivity contribution in [2.75, 3.05) is 0 Å². The van der Waals surface area contributed by atoms with Crippen LogP contribution in [0.5, 0.6) is 0 Å². The monoisotopic (exact) mass is 329 g/mol. The molecule has 0 fully saturated rings. The standard InChI is InChI=1S/C17H15NO6/c19-15(22-11-13-7-3-1-4-8-13)18-16(20)24-17(21)23-12-14-9-5-2-6-10-14/h1-10H,11-12H2,(H,18,19,20). The number of imide groups is 1. The van der Waals surface area contributed by atoms with Crippen molar-refractivity contribution in [3.05, 3.63) is 71.8 Å². The molecule has 2 rings (SSSR count). The zero-order valence-corrected chi connectivity index (χ0v) is 12.6. The van der Waals surface area contributed by atoms with E-state index in [1.807, 2.05) is 12.1 Å². The fourth-order valence-corrected chi connectivity index (χ4v) is 1.69. The van der Waals surface area contributed by atoms with Crippen LogP contribution < -0.4 is 5.32 Å². The van der Waals surface area contributed by atoms with E-state index >= 15 is 0 Å². The van der Waals surface area contributed by atoms with Crippen LogP contribution >= 0.6 is 0 Å². The number of hydrogen-bond donors (Lipinski definition) is 1. The molecule has 0 heterocycles. The second-order valence-corrected chi connectivity index (χ2v) is 4.60.